The molecule has 0 aliphatic carbocycles. The van der Waals surface area contributed by atoms with Gasteiger partial charge < -0.3 is 0 Å². The van der Waals surface area contributed by atoms with Gasteiger partial charge in [-0.15, -0.1) is 0 Å². The van der Waals surface area contributed by atoms with E-state index in [2.05, 4.69) is 5.09 Å². The molecule has 2 aliphatic rings. The summed E-state index contributed by atoms with van der Waals surface area (Å²) in [5, 5.41) is 3.10. The molecule has 0 atom stereocenters. The molecule has 0 bridgehead atoms. The fraction of sp³-hybridized carbons (Fsp3) is 0.0526. The van der Waals surface area contributed by atoms with Crippen LogP contribution in [0.1, 0.15) is 0 Å². The molecule has 2 heterocycles. The van der Waals surface area contributed by atoms with E-state index in [4.69, 9.17) is 18.1 Å². The molecule has 25 heavy (non-hydrogen) atoms. The van der Waals surface area contributed by atoms with Gasteiger partial charge in [0.25, 0.3) is 0 Å². The second-order valence-electron chi connectivity index (χ2n) is 5.84. The number of para-hydroxylation sites is 4. The molecule has 6 heteroatoms. The third-order valence-corrected chi connectivity index (χ3v) is 7.08. The topological polar surface area (TPSA) is 49.0 Å². The predicted octanol–water partition coefficient (Wildman–Crippen LogP) is 4.94. The first-order chi connectivity index (χ1) is 12.2. The first kappa shape index (κ1) is 14.6. The molecular formula is C19H16NO4P. The predicted molar refractivity (Wildman–Crippen MR) is 96.8 cm³/mol. The molecule has 1 spiro atoms. The monoisotopic (exact) mass is 353 g/mol. The van der Waals surface area contributed by atoms with E-state index in [1.165, 1.54) is 0 Å². The van der Waals surface area contributed by atoms with Crippen molar-refractivity contribution in [2.24, 2.45) is 0 Å². The Morgan fingerprint density at radius 3 is 1.36 bits per heavy atom. The molecule has 3 aromatic rings. The van der Waals surface area contributed by atoms with Gasteiger partial charge >= 0.3 is 145 Å². The molecule has 0 radical (unpaired) electrons. The Balaban J connectivity index is 1.77. The van der Waals surface area contributed by atoms with Crippen molar-refractivity contribution < 1.29 is 18.1 Å². The summed E-state index contributed by atoms with van der Waals surface area (Å²) in [4.78, 5) is 0. The third kappa shape index (κ3) is 2.03. The zero-order valence-corrected chi connectivity index (χ0v) is 14.4. The van der Waals surface area contributed by atoms with Gasteiger partial charge in [0, 0.05) is 0 Å². The quantitative estimate of drug-likeness (QED) is 0.628. The van der Waals surface area contributed by atoms with Crippen LogP contribution in [0.15, 0.2) is 72.8 Å². The molecule has 0 amide bonds. The average molecular weight is 353 g/mol. The molecule has 5 nitrogen and oxygen atoms in total. The molecule has 1 N–H and O–H groups in total. The zero-order valence-electron chi connectivity index (χ0n) is 13.5. The first-order valence-electron chi connectivity index (χ1n) is 8.00. The number of hydrogen-bond acceptors (Lipinski definition) is 5. The van der Waals surface area contributed by atoms with Crippen molar-refractivity contribution in [1.29, 1.82) is 0 Å². The number of hydrogen-bond donors (Lipinski definition) is 1. The molecule has 2 aliphatic heterocycles. The molecule has 5 rings (SSSR count). The molecule has 0 fully saturated rings. The molecule has 0 saturated carbocycles. The minimum absolute atomic E-state index is 0.589. The second kappa shape index (κ2) is 4.88. The van der Waals surface area contributed by atoms with Gasteiger partial charge in [-0.25, -0.2) is 0 Å². The van der Waals surface area contributed by atoms with Crippen LogP contribution in [0.4, 0.5) is 0 Å². The van der Waals surface area contributed by atoms with Gasteiger partial charge in [0.2, 0.25) is 0 Å². The Morgan fingerprint density at radius 2 is 0.920 bits per heavy atom. The van der Waals surface area contributed by atoms with Gasteiger partial charge in [0.05, 0.1) is 0 Å². The molecule has 0 unspecified atom stereocenters. The Hall–Kier alpha value is -2.75. The summed E-state index contributed by atoms with van der Waals surface area (Å²) in [7, 11) is -2.42. The van der Waals surface area contributed by atoms with Crippen LogP contribution in [0, 0.1) is 0 Å². The van der Waals surface area contributed by atoms with Crippen molar-refractivity contribution in [3.63, 3.8) is 0 Å². The van der Waals surface area contributed by atoms with Crippen LogP contribution in [0.5, 0.6) is 23.0 Å². The summed E-state index contributed by atoms with van der Waals surface area (Å²) in [5.41, 5.74) is 1.86. The molecule has 126 valence electrons. The van der Waals surface area contributed by atoms with Crippen LogP contribution in [0.3, 0.4) is 0 Å². The van der Waals surface area contributed by atoms with E-state index in [0.29, 0.717) is 23.0 Å². The van der Waals surface area contributed by atoms with E-state index < -0.39 is 7.66 Å². The van der Waals surface area contributed by atoms with Crippen molar-refractivity contribution in [1.82, 2.24) is 5.09 Å². The standard InChI is InChI=1S/C19H16NO4P/c1-20-25(23-18-12-6-7-13-19(18)24-25)21-16-10-4-2-8-14(16)15-9-3-5-11-17(15)22-25/h2-13,20H,1H3. The van der Waals surface area contributed by atoms with Gasteiger partial charge in [-0.3, -0.25) is 0 Å². The van der Waals surface area contributed by atoms with Crippen LogP contribution in [0.25, 0.3) is 11.1 Å². The van der Waals surface area contributed by atoms with Crippen molar-refractivity contribution in [2.45, 2.75) is 0 Å². The van der Waals surface area contributed by atoms with Crippen LogP contribution in [0.2, 0.25) is 0 Å². The number of nitrogens with one attached hydrogen (secondary N) is 1. The summed E-state index contributed by atoms with van der Waals surface area (Å²) in [5.74, 6) is 2.47. The zero-order chi connectivity index (χ0) is 16.9. The minimum atomic E-state index is -4.15. The summed E-state index contributed by atoms with van der Waals surface area (Å²) >= 11 is 0. The third-order valence-electron chi connectivity index (χ3n) is 4.30. The van der Waals surface area contributed by atoms with Gasteiger partial charge in [-0.1, -0.05) is 0 Å². The van der Waals surface area contributed by atoms with E-state index in [1.54, 1.807) is 7.05 Å². The van der Waals surface area contributed by atoms with Crippen LogP contribution in [-0.4, -0.2) is 7.05 Å². The van der Waals surface area contributed by atoms with Crippen LogP contribution < -0.4 is 23.2 Å². The molecule has 0 saturated heterocycles. The van der Waals surface area contributed by atoms with E-state index >= 15 is 0 Å². The van der Waals surface area contributed by atoms with E-state index in [-0.39, 0.29) is 0 Å². The SMILES string of the molecule is CNP12(Oc3ccccc3O1)Oc1ccccc1-c1ccccc1O2. The fourth-order valence-electron chi connectivity index (χ4n) is 3.11. The van der Waals surface area contributed by atoms with Gasteiger partial charge in [-0.05, 0) is 0 Å². The van der Waals surface area contributed by atoms with Crippen molar-refractivity contribution in [3.8, 4) is 34.1 Å². The summed E-state index contributed by atoms with van der Waals surface area (Å²) in [6.07, 6.45) is 0. The van der Waals surface area contributed by atoms with Crippen molar-refractivity contribution in [3.05, 3.63) is 72.8 Å². The van der Waals surface area contributed by atoms with Gasteiger partial charge in [0.1, 0.15) is 0 Å². The number of fused-ring (bicyclic) bond motifs is 4. The summed E-state index contributed by atoms with van der Waals surface area (Å²) < 4.78 is 25.2. The van der Waals surface area contributed by atoms with E-state index in [9.17, 15) is 0 Å². The van der Waals surface area contributed by atoms with E-state index in [1.807, 2.05) is 72.8 Å². The Labute approximate surface area is 145 Å². The maximum atomic E-state index is 6.36. The second-order valence-corrected chi connectivity index (χ2v) is 8.64. The Bertz CT molecular complexity index is 914. The fourth-order valence-corrected chi connectivity index (χ4v) is 5.68. The molecular weight excluding hydrogens is 337 g/mol. The average Bonchev–Trinajstić information content (AvgIpc) is 2.91. The van der Waals surface area contributed by atoms with Crippen LogP contribution in [-0.2, 0) is 0 Å². The van der Waals surface area contributed by atoms with E-state index in [0.717, 1.165) is 11.1 Å². The number of benzene rings is 3. The Kier molecular flexibility index (Phi) is 2.85. The first-order valence-corrected chi connectivity index (χ1v) is 9.91. The number of rotatable bonds is 1. The molecule has 3 aromatic carbocycles. The van der Waals surface area contributed by atoms with Crippen LogP contribution >= 0.6 is 7.66 Å². The Morgan fingerprint density at radius 1 is 0.560 bits per heavy atom. The molecule has 0 aromatic heterocycles. The summed E-state index contributed by atoms with van der Waals surface area (Å²) in [6, 6.07) is 23.0. The van der Waals surface area contributed by atoms with Gasteiger partial charge in [0.15, 0.2) is 0 Å². The van der Waals surface area contributed by atoms with Gasteiger partial charge in [-0.2, -0.15) is 0 Å². The van der Waals surface area contributed by atoms with Crippen molar-refractivity contribution in [2.75, 3.05) is 7.05 Å². The van der Waals surface area contributed by atoms with Crippen molar-refractivity contribution >= 4 is 7.66 Å². The summed E-state index contributed by atoms with van der Waals surface area (Å²) in [6.45, 7) is 0. The maximum absolute atomic E-state index is 6.36. The normalized spacial score (nSPS) is 19.3.